The van der Waals surface area contributed by atoms with Crippen LogP contribution in [0.3, 0.4) is 0 Å². The fourth-order valence-electron chi connectivity index (χ4n) is 0.502. The van der Waals surface area contributed by atoms with Gasteiger partial charge in [-0.3, -0.25) is 0 Å². The van der Waals surface area contributed by atoms with E-state index < -0.39 is 22.0 Å². The molecule has 0 bridgehead atoms. The second-order valence-electron chi connectivity index (χ2n) is 2.15. The van der Waals surface area contributed by atoms with Gasteiger partial charge in [0.05, 0.1) is 0 Å². The summed E-state index contributed by atoms with van der Waals surface area (Å²) in [5, 5.41) is 0. The number of rotatable bonds is 3. The normalized spacial score (nSPS) is 13.4. The van der Waals surface area contributed by atoms with Crippen LogP contribution in [0.1, 0.15) is 6.92 Å². The van der Waals surface area contributed by atoms with Crippen molar-refractivity contribution >= 4 is 28.3 Å². The summed E-state index contributed by atoms with van der Waals surface area (Å²) in [5.41, 5.74) is 0. The molecule has 0 aromatic rings. The zero-order valence-electron chi connectivity index (χ0n) is 7.11. The van der Waals surface area contributed by atoms with E-state index in [1.54, 1.807) is 0 Å². The molecule has 0 N–H and O–H groups in total. The Morgan fingerprint density at radius 1 is 1.43 bits per heavy atom. The standard InChI is InChI=1S/C8H6ClF3OS/c1-4(13-8(9)14)3-6(11)7(12)5(2)10/h3H,1H2,2H3/b6-3+,7-5-. The minimum atomic E-state index is -1.62. The number of hydrogen-bond donors (Lipinski definition) is 0. The topological polar surface area (TPSA) is 9.23 Å². The van der Waals surface area contributed by atoms with Crippen molar-refractivity contribution in [1.82, 2.24) is 0 Å². The van der Waals surface area contributed by atoms with Crippen LogP contribution in [0.15, 0.2) is 35.9 Å². The summed E-state index contributed by atoms with van der Waals surface area (Å²) < 4.78 is 41.4. The fourth-order valence-corrected chi connectivity index (χ4v) is 0.708. The first-order chi connectivity index (χ1) is 6.34. The number of hydrogen-bond acceptors (Lipinski definition) is 2. The van der Waals surface area contributed by atoms with Gasteiger partial charge in [0.1, 0.15) is 11.6 Å². The maximum absolute atomic E-state index is 12.7. The number of allylic oxidation sites excluding steroid dienone is 4. The van der Waals surface area contributed by atoms with Crippen molar-refractivity contribution in [3.8, 4) is 0 Å². The zero-order chi connectivity index (χ0) is 11.3. The Labute approximate surface area is 89.5 Å². The van der Waals surface area contributed by atoms with Gasteiger partial charge in [0.2, 0.25) is 0 Å². The van der Waals surface area contributed by atoms with Crippen molar-refractivity contribution in [2.45, 2.75) is 6.92 Å². The highest BCUT2D eigenvalue weighted by atomic mass is 35.5. The van der Waals surface area contributed by atoms with Crippen molar-refractivity contribution < 1.29 is 17.9 Å². The lowest BCUT2D eigenvalue weighted by Crippen LogP contribution is -1.91. The van der Waals surface area contributed by atoms with Crippen molar-refractivity contribution in [3.05, 3.63) is 35.9 Å². The van der Waals surface area contributed by atoms with Gasteiger partial charge in [-0.2, -0.15) is 0 Å². The molecule has 0 atom stereocenters. The molecular formula is C8H6ClF3OS. The average Bonchev–Trinajstić information content (AvgIpc) is 2.00. The minimum Gasteiger partial charge on any atom is -0.436 e. The van der Waals surface area contributed by atoms with Crippen LogP contribution in [0.2, 0.25) is 0 Å². The minimum absolute atomic E-state index is 0.320. The first kappa shape index (κ1) is 13.2. The Bertz CT molecular complexity index is 319. The molecule has 6 heteroatoms. The molecule has 78 valence electrons. The van der Waals surface area contributed by atoms with Crippen LogP contribution in [-0.2, 0) is 4.74 Å². The lowest BCUT2D eigenvalue weighted by atomic mass is 10.3. The highest BCUT2D eigenvalue weighted by Crippen LogP contribution is 2.20. The Morgan fingerprint density at radius 2 is 1.93 bits per heavy atom. The van der Waals surface area contributed by atoms with Crippen LogP contribution >= 0.6 is 23.8 Å². The van der Waals surface area contributed by atoms with E-state index in [0.717, 1.165) is 6.92 Å². The van der Waals surface area contributed by atoms with Crippen LogP contribution in [0.25, 0.3) is 0 Å². The molecule has 0 aromatic carbocycles. The predicted octanol–water partition coefficient (Wildman–Crippen LogP) is 4.06. The lowest BCUT2D eigenvalue weighted by molar-refractivity contribution is 0.448. The van der Waals surface area contributed by atoms with Gasteiger partial charge in [-0.15, -0.1) is 0 Å². The molecule has 0 unspecified atom stereocenters. The summed E-state index contributed by atoms with van der Waals surface area (Å²) in [6.07, 6.45) is 0.535. The first-order valence-electron chi connectivity index (χ1n) is 3.30. The van der Waals surface area contributed by atoms with Crippen molar-refractivity contribution in [2.75, 3.05) is 0 Å². The predicted molar refractivity (Wildman–Crippen MR) is 52.8 cm³/mol. The maximum Gasteiger partial charge on any atom is 0.260 e. The first-order valence-corrected chi connectivity index (χ1v) is 4.09. The van der Waals surface area contributed by atoms with Gasteiger partial charge in [0, 0.05) is 6.08 Å². The Hall–Kier alpha value is -0.810. The summed E-state index contributed by atoms with van der Waals surface area (Å²) in [7, 11) is 0. The third-order valence-electron chi connectivity index (χ3n) is 1.01. The van der Waals surface area contributed by atoms with Crippen LogP contribution in [0.4, 0.5) is 13.2 Å². The van der Waals surface area contributed by atoms with Gasteiger partial charge in [-0.1, -0.05) is 6.58 Å². The second-order valence-corrected chi connectivity index (χ2v) is 3.08. The van der Waals surface area contributed by atoms with Gasteiger partial charge in [0.15, 0.2) is 11.7 Å². The van der Waals surface area contributed by atoms with Crippen LogP contribution < -0.4 is 0 Å². The van der Waals surface area contributed by atoms with Crippen molar-refractivity contribution in [1.29, 1.82) is 0 Å². The summed E-state index contributed by atoms with van der Waals surface area (Å²) in [6, 6.07) is 0. The van der Waals surface area contributed by atoms with Crippen molar-refractivity contribution in [2.24, 2.45) is 0 Å². The molecule has 0 rings (SSSR count). The Morgan fingerprint density at radius 3 is 2.29 bits per heavy atom. The molecule has 0 aromatic heterocycles. The third-order valence-corrected chi connectivity index (χ3v) is 1.17. The average molecular weight is 243 g/mol. The SMILES string of the molecule is C=C(/C=C(F)\C(F)=C(/C)F)OC(=S)Cl. The molecule has 0 saturated carbocycles. The lowest BCUT2D eigenvalue weighted by Gasteiger charge is -2.00. The molecule has 0 saturated heterocycles. The molecule has 0 aliphatic heterocycles. The van der Waals surface area contributed by atoms with Crippen molar-refractivity contribution in [3.63, 3.8) is 0 Å². The summed E-state index contributed by atoms with van der Waals surface area (Å²) in [5.74, 6) is -4.66. The highest BCUT2D eigenvalue weighted by Gasteiger charge is 2.09. The summed E-state index contributed by atoms with van der Waals surface area (Å²) in [4.78, 5) is 0. The summed E-state index contributed by atoms with van der Waals surface area (Å²) in [6.45, 7) is 3.93. The molecule has 14 heavy (non-hydrogen) atoms. The smallest absolute Gasteiger partial charge is 0.260 e. The van der Waals surface area contributed by atoms with Gasteiger partial charge < -0.3 is 4.74 Å². The van der Waals surface area contributed by atoms with E-state index in [4.69, 9.17) is 11.6 Å². The van der Waals surface area contributed by atoms with E-state index in [0.29, 0.717) is 6.08 Å². The Kier molecular flexibility index (Phi) is 5.49. The van der Waals surface area contributed by atoms with E-state index in [1.165, 1.54) is 0 Å². The van der Waals surface area contributed by atoms with Crippen LogP contribution in [-0.4, -0.2) is 4.51 Å². The van der Waals surface area contributed by atoms with Gasteiger partial charge in [-0.25, -0.2) is 13.2 Å². The number of ether oxygens (including phenoxy) is 1. The highest BCUT2D eigenvalue weighted by molar-refractivity contribution is 7.82. The number of halogens is 4. The van der Waals surface area contributed by atoms with E-state index >= 15 is 0 Å². The second kappa shape index (κ2) is 5.82. The molecule has 0 aliphatic rings. The molecule has 0 radical (unpaired) electrons. The molecule has 0 heterocycles. The molecule has 0 amide bonds. The molecule has 0 fully saturated rings. The van der Waals surface area contributed by atoms with E-state index in [1.807, 2.05) is 0 Å². The number of thiocarbonyl (C=S) groups is 1. The van der Waals surface area contributed by atoms with E-state index in [-0.39, 0.29) is 5.76 Å². The fraction of sp³-hybridized carbons (Fsp3) is 0.125. The van der Waals surface area contributed by atoms with Gasteiger partial charge in [-0.05, 0) is 30.7 Å². The van der Waals surface area contributed by atoms with Gasteiger partial charge >= 0.3 is 0 Å². The van der Waals surface area contributed by atoms with Crippen LogP contribution in [0, 0.1) is 0 Å². The van der Waals surface area contributed by atoms with E-state index in [9.17, 15) is 13.2 Å². The monoisotopic (exact) mass is 242 g/mol. The summed E-state index contributed by atoms with van der Waals surface area (Å²) >= 11 is 9.41. The van der Waals surface area contributed by atoms with Gasteiger partial charge in [0.25, 0.3) is 4.51 Å². The van der Waals surface area contributed by atoms with Crippen LogP contribution in [0.5, 0.6) is 0 Å². The quantitative estimate of drug-likeness (QED) is 0.319. The third kappa shape index (κ3) is 5.04. The molecule has 0 spiro atoms. The largest absolute Gasteiger partial charge is 0.436 e. The molecule has 1 nitrogen and oxygen atoms in total. The zero-order valence-corrected chi connectivity index (χ0v) is 8.69. The van der Waals surface area contributed by atoms with E-state index in [2.05, 4.69) is 23.5 Å². The molecular weight excluding hydrogens is 237 g/mol. The molecule has 0 aliphatic carbocycles. The maximum atomic E-state index is 12.7. The Balaban J connectivity index is 4.61.